The smallest absolute Gasteiger partial charge is 0.0699 e. The van der Waals surface area contributed by atoms with Crippen molar-refractivity contribution in [2.45, 2.75) is 97.4 Å². The highest BCUT2D eigenvalue weighted by atomic mass is 15.2. The van der Waals surface area contributed by atoms with E-state index in [1.54, 1.807) is 0 Å². The van der Waals surface area contributed by atoms with Crippen LogP contribution in [-0.2, 0) is 11.0 Å². The van der Waals surface area contributed by atoms with Crippen LogP contribution in [0.15, 0.2) is 115 Å². The summed E-state index contributed by atoms with van der Waals surface area (Å²) in [6, 6.07) is 43.6. The lowest BCUT2D eigenvalue weighted by Crippen LogP contribution is -2.43. The molecule has 246 valence electrons. The van der Waals surface area contributed by atoms with Crippen molar-refractivity contribution in [1.29, 1.82) is 0 Å². The van der Waals surface area contributed by atoms with E-state index >= 15 is 0 Å². The minimum atomic E-state index is -0.216. The van der Waals surface area contributed by atoms with Gasteiger partial charge in [0.2, 0.25) is 0 Å². The van der Waals surface area contributed by atoms with Crippen LogP contribution in [0.2, 0.25) is 0 Å². The number of nitrogens with zero attached hydrogens (tertiary/aromatic N) is 1. The molecule has 0 saturated carbocycles. The Bertz CT molecular complexity index is 1860. The normalized spacial score (nSPS) is 14.6. The topological polar surface area (TPSA) is 3.24 Å². The van der Waals surface area contributed by atoms with Gasteiger partial charge in [0, 0.05) is 16.8 Å². The second kappa shape index (κ2) is 14.0. The molecule has 0 bridgehead atoms. The van der Waals surface area contributed by atoms with Crippen molar-refractivity contribution in [3.63, 3.8) is 0 Å². The summed E-state index contributed by atoms with van der Waals surface area (Å²) in [6.45, 7) is 16.4. The van der Waals surface area contributed by atoms with E-state index in [1.807, 2.05) is 0 Å². The molecule has 5 aromatic rings. The van der Waals surface area contributed by atoms with Gasteiger partial charge in [-0.15, -0.1) is 0 Å². The molecule has 0 amide bonds. The lowest BCUT2D eigenvalue weighted by molar-refractivity contribution is 0.381. The van der Waals surface area contributed by atoms with E-state index in [4.69, 9.17) is 0 Å². The zero-order chi connectivity index (χ0) is 33.9. The molecule has 0 spiro atoms. The predicted octanol–water partition coefficient (Wildman–Crippen LogP) is 13.6. The molecule has 5 aromatic carbocycles. The van der Waals surface area contributed by atoms with E-state index in [0.717, 1.165) is 19.3 Å². The number of rotatable bonds is 12. The Morgan fingerprint density at radius 1 is 0.646 bits per heavy atom. The molecule has 0 heterocycles. The maximum absolute atomic E-state index is 2.64. The molecule has 0 aliphatic heterocycles. The second-order valence-electron chi connectivity index (χ2n) is 14.3. The molecule has 1 heteroatoms. The quantitative estimate of drug-likeness (QED) is 0.124. The van der Waals surface area contributed by atoms with Gasteiger partial charge in [-0.05, 0) is 107 Å². The first kappa shape index (κ1) is 33.5. The first-order valence-electron chi connectivity index (χ1n) is 18.3. The average molecular weight is 632 g/mol. The summed E-state index contributed by atoms with van der Waals surface area (Å²) in [6.07, 6.45) is 9.91. The largest absolute Gasteiger partial charge is 0.331 e. The van der Waals surface area contributed by atoms with Gasteiger partial charge in [0.05, 0.1) is 5.54 Å². The van der Waals surface area contributed by atoms with Crippen molar-refractivity contribution in [3.8, 4) is 11.1 Å². The van der Waals surface area contributed by atoms with Crippen LogP contribution >= 0.6 is 0 Å². The van der Waals surface area contributed by atoms with Crippen molar-refractivity contribution in [1.82, 2.24) is 0 Å². The Balaban J connectivity index is 1.46. The zero-order valence-electron chi connectivity index (χ0n) is 30.2. The van der Waals surface area contributed by atoms with Crippen LogP contribution in [0.5, 0.6) is 0 Å². The van der Waals surface area contributed by atoms with Crippen LogP contribution in [0.25, 0.3) is 23.3 Å². The number of hydrogen-bond acceptors (Lipinski definition) is 1. The average Bonchev–Trinajstić information content (AvgIpc) is 3.34. The van der Waals surface area contributed by atoms with Crippen LogP contribution < -0.4 is 4.90 Å². The third-order valence-corrected chi connectivity index (χ3v) is 11.1. The third kappa shape index (κ3) is 6.16. The first-order valence-corrected chi connectivity index (χ1v) is 18.3. The Labute approximate surface area is 290 Å². The highest BCUT2D eigenvalue weighted by Crippen LogP contribution is 2.52. The van der Waals surface area contributed by atoms with Gasteiger partial charge in [0.1, 0.15) is 0 Å². The molecule has 0 radical (unpaired) electrons. The Kier molecular flexibility index (Phi) is 9.79. The van der Waals surface area contributed by atoms with Crippen molar-refractivity contribution in [3.05, 3.63) is 154 Å². The first-order chi connectivity index (χ1) is 23.2. The van der Waals surface area contributed by atoms with E-state index < -0.39 is 0 Å². The molecule has 0 fully saturated rings. The third-order valence-electron chi connectivity index (χ3n) is 11.1. The van der Waals surface area contributed by atoms with Gasteiger partial charge in [-0.2, -0.15) is 0 Å². The van der Waals surface area contributed by atoms with E-state index in [1.165, 1.54) is 74.3 Å². The molecule has 1 atom stereocenters. The molecule has 1 unspecified atom stereocenters. The van der Waals surface area contributed by atoms with E-state index in [2.05, 4.69) is 181 Å². The lowest BCUT2D eigenvalue weighted by atomic mass is 9.76. The Hall–Kier alpha value is -4.36. The van der Waals surface area contributed by atoms with Crippen LogP contribution in [0.1, 0.15) is 119 Å². The Morgan fingerprint density at radius 3 is 1.79 bits per heavy atom. The van der Waals surface area contributed by atoms with Gasteiger partial charge in [-0.25, -0.2) is 0 Å². The highest BCUT2D eigenvalue weighted by molar-refractivity contribution is 5.82. The minimum Gasteiger partial charge on any atom is -0.331 e. The minimum absolute atomic E-state index is 0.0597. The summed E-state index contributed by atoms with van der Waals surface area (Å²) >= 11 is 0. The van der Waals surface area contributed by atoms with Crippen molar-refractivity contribution >= 4 is 23.5 Å². The molecule has 6 rings (SSSR count). The number of hydrogen-bond donors (Lipinski definition) is 0. The highest BCUT2D eigenvalue weighted by Gasteiger charge is 2.41. The molecular weight excluding hydrogens is 579 g/mol. The fourth-order valence-electron chi connectivity index (χ4n) is 8.22. The summed E-state index contributed by atoms with van der Waals surface area (Å²) in [5.41, 5.74) is 14.5. The van der Waals surface area contributed by atoms with Gasteiger partial charge < -0.3 is 4.90 Å². The van der Waals surface area contributed by atoms with E-state index in [9.17, 15) is 0 Å². The molecule has 0 N–H and O–H groups in total. The van der Waals surface area contributed by atoms with Crippen LogP contribution in [-0.4, -0.2) is 0 Å². The zero-order valence-corrected chi connectivity index (χ0v) is 30.2. The SMILES string of the molecule is CCCC(CC)(c1ccc2c(c1)C(C)(C)c1cc(C(CC)CC)ccc1-2)N(c1ccc(C)cc1)c1ccc(/C=C/c2ccccc2)cc1. The molecule has 0 saturated heterocycles. The van der Waals surface area contributed by atoms with Crippen molar-refractivity contribution in [2.24, 2.45) is 0 Å². The van der Waals surface area contributed by atoms with Gasteiger partial charge in [-0.1, -0.05) is 157 Å². The number of benzene rings is 5. The maximum Gasteiger partial charge on any atom is 0.0699 e. The van der Waals surface area contributed by atoms with Gasteiger partial charge in [-0.3, -0.25) is 0 Å². The molecule has 1 nitrogen and oxygen atoms in total. The maximum atomic E-state index is 2.64. The van der Waals surface area contributed by atoms with Gasteiger partial charge >= 0.3 is 0 Å². The van der Waals surface area contributed by atoms with Gasteiger partial charge in [0.25, 0.3) is 0 Å². The second-order valence-corrected chi connectivity index (χ2v) is 14.3. The van der Waals surface area contributed by atoms with Crippen LogP contribution in [0.3, 0.4) is 0 Å². The predicted molar refractivity (Wildman–Crippen MR) is 209 cm³/mol. The summed E-state index contributed by atoms with van der Waals surface area (Å²) in [4.78, 5) is 2.64. The monoisotopic (exact) mass is 631 g/mol. The summed E-state index contributed by atoms with van der Waals surface area (Å²) in [5, 5.41) is 0. The van der Waals surface area contributed by atoms with Gasteiger partial charge in [0.15, 0.2) is 0 Å². The number of anilines is 2. The molecule has 1 aliphatic rings. The summed E-state index contributed by atoms with van der Waals surface area (Å²) in [7, 11) is 0. The van der Waals surface area contributed by atoms with Crippen molar-refractivity contribution in [2.75, 3.05) is 4.90 Å². The molecular formula is C47H53N. The fourth-order valence-corrected chi connectivity index (χ4v) is 8.22. The number of aryl methyl sites for hydroxylation is 1. The molecule has 1 aliphatic carbocycles. The van der Waals surface area contributed by atoms with Crippen molar-refractivity contribution < 1.29 is 0 Å². The summed E-state index contributed by atoms with van der Waals surface area (Å²) in [5.74, 6) is 0.617. The lowest BCUT2D eigenvalue weighted by Gasteiger charge is -2.46. The summed E-state index contributed by atoms with van der Waals surface area (Å²) < 4.78 is 0. The standard InChI is InChI=1S/C47H53N/c1-8-31-47(11-4,39-24-30-43-42-29-23-38(37(9-2)10-3)32-44(42)46(6,7)45(43)33-39)48(40-25-17-34(5)18-26-40)41-27-21-36(22-28-41)20-19-35-15-13-12-14-16-35/h12-30,32-33,37H,8-11,31H2,1-7H3/b20-19+. The number of fused-ring (bicyclic) bond motifs is 3. The Morgan fingerprint density at radius 2 is 1.21 bits per heavy atom. The fraction of sp³-hybridized carbons (Fsp3) is 0.319. The van der Waals surface area contributed by atoms with E-state index in [-0.39, 0.29) is 11.0 Å². The van der Waals surface area contributed by atoms with E-state index in [0.29, 0.717) is 5.92 Å². The molecule has 48 heavy (non-hydrogen) atoms. The van der Waals surface area contributed by atoms with Crippen LogP contribution in [0.4, 0.5) is 11.4 Å². The molecule has 0 aromatic heterocycles. The van der Waals surface area contributed by atoms with Crippen LogP contribution in [0, 0.1) is 6.92 Å².